The Bertz CT molecular complexity index is 682. The number of hydrogen-bond acceptors (Lipinski definition) is 2. The topological polar surface area (TPSA) is 26.3 Å². The molecule has 0 atom stereocenters. The van der Waals surface area contributed by atoms with Crippen molar-refractivity contribution in [2.45, 2.75) is 12.8 Å². The van der Waals surface area contributed by atoms with Crippen molar-refractivity contribution < 1.29 is 13.9 Å². The van der Waals surface area contributed by atoms with Gasteiger partial charge in [-0.1, -0.05) is 17.7 Å². The predicted molar refractivity (Wildman–Crippen MR) is 75.1 cm³/mol. The van der Waals surface area contributed by atoms with Crippen LogP contribution in [0.15, 0.2) is 36.4 Å². The average Bonchev–Trinajstić information content (AvgIpc) is 2.49. The van der Waals surface area contributed by atoms with Crippen LogP contribution in [0.1, 0.15) is 27.9 Å². The van der Waals surface area contributed by atoms with Crippen molar-refractivity contribution in [3.05, 3.63) is 63.9 Å². The third kappa shape index (κ3) is 2.29. The molecule has 0 aromatic heterocycles. The van der Waals surface area contributed by atoms with Gasteiger partial charge in [0.25, 0.3) is 0 Å². The smallest absolute Gasteiger partial charge is 0.194 e. The van der Waals surface area contributed by atoms with E-state index in [1.807, 2.05) is 0 Å². The molecule has 0 radical (unpaired) electrons. The largest absolute Gasteiger partial charge is 0.493 e. The number of hydrogen-bond donors (Lipinski definition) is 0. The maximum Gasteiger partial charge on any atom is 0.194 e. The molecule has 0 fully saturated rings. The summed E-state index contributed by atoms with van der Waals surface area (Å²) < 4.78 is 18.9. The molecule has 0 saturated carbocycles. The van der Waals surface area contributed by atoms with Crippen LogP contribution in [-0.2, 0) is 6.42 Å². The zero-order chi connectivity index (χ0) is 14.1. The maximum atomic E-state index is 13.4. The van der Waals surface area contributed by atoms with Gasteiger partial charge in [-0.15, -0.1) is 0 Å². The second kappa shape index (κ2) is 5.25. The van der Waals surface area contributed by atoms with Crippen molar-refractivity contribution in [2.75, 3.05) is 6.61 Å². The van der Waals surface area contributed by atoms with Gasteiger partial charge < -0.3 is 4.74 Å². The molecule has 3 rings (SSSR count). The van der Waals surface area contributed by atoms with Gasteiger partial charge in [0.05, 0.1) is 11.6 Å². The third-order valence-corrected chi connectivity index (χ3v) is 3.75. The van der Waals surface area contributed by atoms with Gasteiger partial charge in [0.1, 0.15) is 11.6 Å². The van der Waals surface area contributed by atoms with Crippen molar-refractivity contribution >= 4 is 17.4 Å². The first-order chi connectivity index (χ1) is 9.66. The minimum Gasteiger partial charge on any atom is -0.493 e. The molecule has 0 amide bonds. The summed E-state index contributed by atoms with van der Waals surface area (Å²) in [5.41, 5.74) is 1.69. The second-order valence-electron chi connectivity index (χ2n) is 4.71. The minimum absolute atomic E-state index is 0.133. The van der Waals surface area contributed by atoms with Gasteiger partial charge in [0.2, 0.25) is 0 Å². The average molecular weight is 291 g/mol. The van der Waals surface area contributed by atoms with Crippen LogP contribution in [0.25, 0.3) is 0 Å². The molecule has 4 heteroatoms. The molecule has 1 aliphatic heterocycles. The lowest BCUT2D eigenvalue weighted by Crippen LogP contribution is -2.10. The predicted octanol–water partition coefficient (Wildman–Crippen LogP) is 4.04. The van der Waals surface area contributed by atoms with Crippen molar-refractivity contribution in [3.63, 3.8) is 0 Å². The van der Waals surface area contributed by atoms with Crippen LogP contribution in [0.4, 0.5) is 4.39 Å². The first-order valence-corrected chi connectivity index (χ1v) is 6.79. The standard InChI is InChI=1S/C16H12ClFO2/c17-15-12(4-1-5-13(15)18)16(19)11-6-7-14-10(9-11)3-2-8-20-14/h1,4-7,9H,2-3,8H2. The Kier molecular flexibility index (Phi) is 3.45. The van der Waals surface area contributed by atoms with Crippen LogP contribution < -0.4 is 4.74 Å². The van der Waals surface area contributed by atoms with Gasteiger partial charge >= 0.3 is 0 Å². The SMILES string of the molecule is O=C(c1ccc2c(c1)CCCO2)c1cccc(F)c1Cl. The highest BCUT2D eigenvalue weighted by molar-refractivity contribution is 6.35. The summed E-state index contributed by atoms with van der Waals surface area (Å²) in [7, 11) is 0. The molecule has 2 nitrogen and oxygen atoms in total. The Morgan fingerprint density at radius 2 is 2.10 bits per heavy atom. The molecule has 0 unspecified atom stereocenters. The number of carbonyl (C=O) groups is 1. The molecule has 0 saturated heterocycles. The molecule has 0 aliphatic carbocycles. The highest BCUT2D eigenvalue weighted by Gasteiger charge is 2.18. The fourth-order valence-corrected chi connectivity index (χ4v) is 2.55. The minimum atomic E-state index is -0.584. The van der Waals surface area contributed by atoms with Gasteiger partial charge in [0, 0.05) is 11.1 Å². The number of benzene rings is 2. The van der Waals surface area contributed by atoms with E-state index in [0.717, 1.165) is 24.2 Å². The fourth-order valence-electron chi connectivity index (χ4n) is 2.34. The summed E-state index contributed by atoms with van der Waals surface area (Å²) >= 11 is 5.86. The summed E-state index contributed by atoms with van der Waals surface area (Å²) in [6.07, 6.45) is 1.82. The van der Waals surface area contributed by atoms with Gasteiger partial charge in [-0.05, 0) is 48.7 Å². The number of halogens is 2. The molecule has 1 aliphatic rings. The number of ketones is 1. The third-order valence-electron chi connectivity index (χ3n) is 3.37. The first kappa shape index (κ1) is 13.1. The zero-order valence-electron chi connectivity index (χ0n) is 10.7. The van der Waals surface area contributed by atoms with Crippen molar-refractivity contribution in [1.29, 1.82) is 0 Å². The van der Waals surface area contributed by atoms with E-state index >= 15 is 0 Å². The van der Waals surface area contributed by atoms with Gasteiger partial charge in [-0.2, -0.15) is 0 Å². The van der Waals surface area contributed by atoms with E-state index in [1.165, 1.54) is 18.2 Å². The lowest BCUT2D eigenvalue weighted by atomic mass is 9.98. The number of fused-ring (bicyclic) bond motifs is 1. The van der Waals surface area contributed by atoms with Crippen molar-refractivity contribution in [2.24, 2.45) is 0 Å². The normalized spacial score (nSPS) is 13.5. The molecule has 2 aromatic carbocycles. The van der Waals surface area contributed by atoms with E-state index in [1.54, 1.807) is 18.2 Å². The van der Waals surface area contributed by atoms with E-state index in [4.69, 9.17) is 16.3 Å². The Morgan fingerprint density at radius 1 is 1.25 bits per heavy atom. The van der Waals surface area contributed by atoms with Crippen molar-refractivity contribution in [3.8, 4) is 5.75 Å². The van der Waals surface area contributed by atoms with Crippen LogP contribution in [0.5, 0.6) is 5.75 Å². The Morgan fingerprint density at radius 3 is 2.95 bits per heavy atom. The quantitative estimate of drug-likeness (QED) is 0.781. The fraction of sp³-hybridized carbons (Fsp3) is 0.188. The Hall–Kier alpha value is -1.87. The summed E-state index contributed by atoms with van der Waals surface area (Å²) in [5, 5.41) is -0.133. The van der Waals surface area contributed by atoms with Gasteiger partial charge in [-0.3, -0.25) is 4.79 Å². The second-order valence-corrected chi connectivity index (χ2v) is 5.08. The molecular formula is C16H12ClFO2. The van der Waals surface area contributed by atoms with E-state index in [0.29, 0.717) is 12.2 Å². The molecule has 0 bridgehead atoms. The summed E-state index contributed by atoms with van der Waals surface area (Å²) in [4.78, 5) is 12.4. The Labute approximate surface area is 121 Å². The lowest BCUT2D eigenvalue weighted by Gasteiger charge is -2.17. The summed E-state index contributed by atoms with van der Waals surface area (Å²) in [6, 6.07) is 9.53. The maximum absolute atomic E-state index is 13.4. The number of aryl methyl sites for hydroxylation is 1. The van der Waals surface area contributed by atoms with Crippen LogP contribution in [0.3, 0.4) is 0 Å². The molecular weight excluding hydrogens is 279 g/mol. The lowest BCUT2D eigenvalue weighted by molar-refractivity contribution is 0.103. The van der Waals surface area contributed by atoms with Crippen LogP contribution >= 0.6 is 11.6 Å². The first-order valence-electron chi connectivity index (χ1n) is 6.41. The highest BCUT2D eigenvalue weighted by Crippen LogP contribution is 2.28. The molecule has 102 valence electrons. The Balaban J connectivity index is 2.00. The van der Waals surface area contributed by atoms with Crippen LogP contribution in [0.2, 0.25) is 5.02 Å². The van der Waals surface area contributed by atoms with Gasteiger partial charge in [0.15, 0.2) is 5.78 Å². The van der Waals surface area contributed by atoms with Crippen molar-refractivity contribution in [1.82, 2.24) is 0 Å². The number of carbonyl (C=O) groups excluding carboxylic acids is 1. The molecule has 20 heavy (non-hydrogen) atoms. The monoisotopic (exact) mass is 290 g/mol. The van der Waals surface area contributed by atoms with Crippen LogP contribution in [0, 0.1) is 5.82 Å². The van der Waals surface area contributed by atoms with E-state index < -0.39 is 5.82 Å². The highest BCUT2D eigenvalue weighted by atomic mass is 35.5. The molecule has 0 N–H and O–H groups in total. The number of rotatable bonds is 2. The summed E-state index contributed by atoms with van der Waals surface area (Å²) in [5.74, 6) is -0.0418. The zero-order valence-corrected chi connectivity index (χ0v) is 11.4. The van der Waals surface area contributed by atoms with Crippen LogP contribution in [-0.4, -0.2) is 12.4 Å². The van der Waals surface area contributed by atoms with E-state index in [9.17, 15) is 9.18 Å². The van der Waals surface area contributed by atoms with Gasteiger partial charge in [-0.25, -0.2) is 4.39 Å². The van der Waals surface area contributed by atoms with E-state index in [-0.39, 0.29) is 16.4 Å². The number of ether oxygens (including phenoxy) is 1. The molecule has 2 aromatic rings. The molecule has 1 heterocycles. The van der Waals surface area contributed by atoms with E-state index in [2.05, 4.69) is 0 Å². The summed E-state index contributed by atoms with van der Waals surface area (Å²) in [6.45, 7) is 0.704. The molecule has 0 spiro atoms.